The van der Waals surface area contributed by atoms with E-state index in [1.165, 1.54) is 24.3 Å². The van der Waals surface area contributed by atoms with Crippen molar-refractivity contribution in [2.45, 2.75) is 25.3 Å². The largest absolute Gasteiger partial charge is 0.383 e. The number of methoxy groups -OCH3 is 1. The molecule has 33 heavy (non-hydrogen) atoms. The van der Waals surface area contributed by atoms with Crippen LogP contribution in [0.2, 0.25) is 0 Å². The first-order chi connectivity index (χ1) is 16.0. The van der Waals surface area contributed by atoms with Gasteiger partial charge in [0.2, 0.25) is 11.8 Å². The predicted octanol–water partition coefficient (Wildman–Crippen LogP) is 2.17. The quantitative estimate of drug-likeness (QED) is 0.568. The van der Waals surface area contributed by atoms with E-state index in [-0.39, 0.29) is 23.3 Å². The normalized spacial score (nSPS) is 15.0. The summed E-state index contributed by atoms with van der Waals surface area (Å²) in [5.41, 5.74) is 1.24. The first-order valence-electron chi connectivity index (χ1n) is 11.1. The van der Waals surface area contributed by atoms with Crippen molar-refractivity contribution in [2.24, 2.45) is 5.92 Å². The fraction of sp³-hybridized carbons (Fsp3) is 0.400. The molecule has 3 rings (SSSR count). The molecule has 1 aliphatic heterocycles. The van der Waals surface area contributed by atoms with Gasteiger partial charge in [-0.1, -0.05) is 30.3 Å². The van der Waals surface area contributed by atoms with Gasteiger partial charge in [0.05, 0.1) is 13.0 Å². The summed E-state index contributed by atoms with van der Waals surface area (Å²) in [6.07, 6.45) is 1.52. The van der Waals surface area contributed by atoms with E-state index in [0.29, 0.717) is 45.5 Å². The van der Waals surface area contributed by atoms with Crippen molar-refractivity contribution >= 4 is 17.7 Å². The molecule has 0 aliphatic carbocycles. The molecule has 1 fully saturated rings. The Kier molecular flexibility index (Phi) is 8.95. The lowest BCUT2D eigenvalue weighted by Gasteiger charge is -2.36. The van der Waals surface area contributed by atoms with Gasteiger partial charge in [-0.3, -0.25) is 14.4 Å². The SMILES string of the molecule is COCCNC(=O)C(NC(=O)c1ccc(F)cc1)C1CCN(C(=O)Cc2ccccc2)CC1. The van der Waals surface area contributed by atoms with Crippen LogP contribution in [0, 0.1) is 11.7 Å². The van der Waals surface area contributed by atoms with E-state index in [2.05, 4.69) is 10.6 Å². The van der Waals surface area contributed by atoms with Crippen molar-refractivity contribution < 1.29 is 23.5 Å². The molecule has 2 aromatic rings. The topological polar surface area (TPSA) is 87.7 Å². The second-order valence-electron chi connectivity index (χ2n) is 8.12. The Morgan fingerprint density at radius 3 is 2.36 bits per heavy atom. The van der Waals surface area contributed by atoms with Gasteiger partial charge in [-0.2, -0.15) is 0 Å². The van der Waals surface area contributed by atoms with Crippen LogP contribution in [-0.4, -0.2) is 62.0 Å². The maximum Gasteiger partial charge on any atom is 0.251 e. The highest BCUT2D eigenvalue weighted by molar-refractivity contribution is 5.97. The lowest BCUT2D eigenvalue weighted by Crippen LogP contribution is -2.54. The van der Waals surface area contributed by atoms with Crippen LogP contribution in [0.25, 0.3) is 0 Å². The first-order valence-corrected chi connectivity index (χ1v) is 11.1. The van der Waals surface area contributed by atoms with Crippen LogP contribution in [0.3, 0.4) is 0 Å². The number of piperidine rings is 1. The summed E-state index contributed by atoms with van der Waals surface area (Å²) in [4.78, 5) is 40.1. The highest BCUT2D eigenvalue weighted by Gasteiger charge is 2.33. The molecule has 2 aromatic carbocycles. The molecule has 2 N–H and O–H groups in total. The standard InChI is InChI=1S/C25H30FN3O4/c1-33-16-13-27-25(32)23(28-24(31)20-7-9-21(26)10-8-20)19-11-14-29(15-12-19)22(30)17-18-5-3-2-4-6-18/h2-10,19,23H,11-17H2,1H3,(H,27,32)(H,28,31). The van der Waals surface area contributed by atoms with Gasteiger partial charge in [0.1, 0.15) is 11.9 Å². The van der Waals surface area contributed by atoms with E-state index in [1.807, 2.05) is 35.2 Å². The smallest absolute Gasteiger partial charge is 0.251 e. The fourth-order valence-electron chi connectivity index (χ4n) is 3.97. The minimum absolute atomic E-state index is 0.0519. The zero-order valence-electron chi connectivity index (χ0n) is 18.8. The number of amides is 3. The monoisotopic (exact) mass is 455 g/mol. The number of nitrogens with zero attached hydrogens (tertiary/aromatic N) is 1. The second kappa shape index (κ2) is 12.1. The van der Waals surface area contributed by atoms with Crippen LogP contribution in [-0.2, 0) is 20.7 Å². The molecule has 176 valence electrons. The fourth-order valence-corrected chi connectivity index (χ4v) is 3.97. The van der Waals surface area contributed by atoms with Gasteiger partial charge in [0.15, 0.2) is 0 Å². The molecule has 0 radical (unpaired) electrons. The molecule has 1 saturated heterocycles. The summed E-state index contributed by atoms with van der Waals surface area (Å²) in [5, 5.41) is 5.61. The molecule has 8 heteroatoms. The third-order valence-corrected chi connectivity index (χ3v) is 5.84. The summed E-state index contributed by atoms with van der Waals surface area (Å²) in [6.45, 7) is 1.72. The van der Waals surface area contributed by atoms with Crippen LogP contribution in [0.15, 0.2) is 54.6 Å². The van der Waals surface area contributed by atoms with Crippen molar-refractivity contribution in [3.63, 3.8) is 0 Å². The number of likely N-dealkylation sites (tertiary alicyclic amines) is 1. The average Bonchev–Trinajstić information content (AvgIpc) is 2.83. The van der Waals surface area contributed by atoms with E-state index in [1.54, 1.807) is 7.11 Å². The van der Waals surface area contributed by atoms with E-state index in [9.17, 15) is 18.8 Å². The summed E-state index contributed by atoms with van der Waals surface area (Å²) >= 11 is 0. The van der Waals surface area contributed by atoms with Crippen molar-refractivity contribution in [1.29, 1.82) is 0 Å². The lowest BCUT2D eigenvalue weighted by atomic mass is 9.88. The van der Waals surface area contributed by atoms with Gasteiger partial charge in [-0.15, -0.1) is 0 Å². The van der Waals surface area contributed by atoms with E-state index < -0.39 is 17.8 Å². The van der Waals surface area contributed by atoms with Gasteiger partial charge in [0, 0.05) is 32.3 Å². The molecular weight excluding hydrogens is 425 g/mol. The molecule has 7 nitrogen and oxygen atoms in total. The van der Waals surface area contributed by atoms with Crippen LogP contribution < -0.4 is 10.6 Å². The predicted molar refractivity (Wildman–Crippen MR) is 122 cm³/mol. The first kappa shape index (κ1) is 24.4. The van der Waals surface area contributed by atoms with E-state index in [0.717, 1.165) is 5.56 Å². The Morgan fingerprint density at radius 2 is 1.73 bits per heavy atom. The Hall–Kier alpha value is -3.26. The zero-order valence-corrected chi connectivity index (χ0v) is 18.8. The number of ether oxygens (including phenoxy) is 1. The molecule has 1 unspecified atom stereocenters. The Bertz CT molecular complexity index is 928. The maximum atomic E-state index is 13.2. The molecule has 1 heterocycles. The van der Waals surface area contributed by atoms with Gasteiger partial charge in [0.25, 0.3) is 5.91 Å². The summed E-state index contributed by atoms with van der Waals surface area (Å²) in [5.74, 6) is -1.25. The summed E-state index contributed by atoms with van der Waals surface area (Å²) < 4.78 is 18.2. The third-order valence-electron chi connectivity index (χ3n) is 5.84. The van der Waals surface area contributed by atoms with Gasteiger partial charge in [-0.25, -0.2) is 4.39 Å². The zero-order chi connectivity index (χ0) is 23.6. The minimum atomic E-state index is -0.759. The van der Waals surface area contributed by atoms with Crippen LogP contribution in [0.1, 0.15) is 28.8 Å². The number of hydrogen-bond acceptors (Lipinski definition) is 4. The number of carbonyl (C=O) groups is 3. The molecule has 0 saturated carbocycles. The number of rotatable bonds is 9. The van der Waals surface area contributed by atoms with Crippen LogP contribution >= 0.6 is 0 Å². The maximum absolute atomic E-state index is 13.2. The molecule has 0 bridgehead atoms. The van der Waals surface area contributed by atoms with Crippen molar-refractivity contribution in [2.75, 3.05) is 33.4 Å². The third kappa shape index (κ3) is 7.12. The number of halogens is 1. The second-order valence-corrected chi connectivity index (χ2v) is 8.12. The van der Waals surface area contributed by atoms with Crippen molar-refractivity contribution in [3.8, 4) is 0 Å². The van der Waals surface area contributed by atoms with E-state index in [4.69, 9.17) is 4.74 Å². The van der Waals surface area contributed by atoms with E-state index >= 15 is 0 Å². The minimum Gasteiger partial charge on any atom is -0.383 e. The number of benzene rings is 2. The Morgan fingerprint density at radius 1 is 1.06 bits per heavy atom. The highest BCUT2D eigenvalue weighted by Crippen LogP contribution is 2.22. The van der Waals surface area contributed by atoms with Gasteiger partial charge >= 0.3 is 0 Å². The lowest BCUT2D eigenvalue weighted by molar-refractivity contribution is -0.132. The molecule has 0 spiro atoms. The van der Waals surface area contributed by atoms with Gasteiger partial charge < -0.3 is 20.3 Å². The molecule has 3 amide bonds. The summed E-state index contributed by atoms with van der Waals surface area (Å²) in [7, 11) is 1.54. The van der Waals surface area contributed by atoms with Crippen molar-refractivity contribution in [1.82, 2.24) is 15.5 Å². The molecule has 1 aliphatic rings. The summed E-state index contributed by atoms with van der Waals surface area (Å²) in [6, 6.07) is 14.0. The van der Waals surface area contributed by atoms with Crippen molar-refractivity contribution in [3.05, 3.63) is 71.5 Å². The highest BCUT2D eigenvalue weighted by atomic mass is 19.1. The molecule has 1 atom stereocenters. The Labute approximate surface area is 193 Å². The van der Waals surface area contributed by atoms with Crippen LogP contribution in [0.5, 0.6) is 0 Å². The number of carbonyl (C=O) groups excluding carboxylic acids is 3. The van der Waals surface area contributed by atoms with Crippen LogP contribution in [0.4, 0.5) is 4.39 Å². The number of hydrogen-bond donors (Lipinski definition) is 2. The average molecular weight is 456 g/mol. The molecular formula is C25H30FN3O4. The molecule has 0 aromatic heterocycles. The number of nitrogens with one attached hydrogen (secondary N) is 2. The van der Waals surface area contributed by atoms with Gasteiger partial charge in [-0.05, 0) is 48.6 Å². The Balaban J connectivity index is 1.62.